The van der Waals surface area contributed by atoms with Gasteiger partial charge in [-0.2, -0.15) is 8.78 Å². The number of halogens is 3. The molecular weight excluding hydrogens is 271 g/mol. The lowest BCUT2D eigenvalue weighted by molar-refractivity contribution is -0.159. The van der Waals surface area contributed by atoms with E-state index in [9.17, 15) is 18.0 Å². The van der Waals surface area contributed by atoms with Crippen molar-refractivity contribution < 1.29 is 22.7 Å². The summed E-state index contributed by atoms with van der Waals surface area (Å²) in [7, 11) is 0. The van der Waals surface area contributed by atoms with Gasteiger partial charge in [-0.25, -0.2) is 9.18 Å². The maximum absolute atomic E-state index is 13.0. The molecular formula is C14H16F3NO2. The highest BCUT2D eigenvalue weighted by Crippen LogP contribution is 2.30. The van der Waals surface area contributed by atoms with Crippen LogP contribution in [-0.2, 0) is 16.0 Å². The van der Waals surface area contributed by atoms with Crippen molar-refractivity contribution in [2.75, 3.05) is 6.54 Å². The SMILES string of the molecule is CC(Cc1ccc(F)cc1)NCC1CC(F)(F)C(=O)O1. The summed E-state index contributed by atoms with van der Waals surface area (Å²) in [6.45, 7) is 2.07. The van der Waals surface area contributed by atoms with Gasteiger partial charge in [-0.15, -0.1) is 0 Å². The number of nitrogens with one attached hydrogen (secondary N) is 1. The average Bonchev–Trinajstić information content (AvgIpc) is 2.64. The van der Waals surface area contributed by atoms with E-state index in [1.807, 2.05) is 6.92 Å². The maximum Gasteiger partial charge on any atom is 0.377 e. The molecule has 2 unspecified atom stereocenters. The smallest absolute Gasteiger partial charge is 0.377 e. The molecule has 0 spiro atoms. The number of ether oxygens (including phenoxy) is 1. The summed E-state index contributed by atoms with van der Waals surface area (Å²) in [5.41, 5.74) is 0.945. The molecule has 1 saturated heterocycles. The summed E-state index contributed by atoms with van der Waals surface area (Å²) >= 11 is 0. The Bertz CT molecular complexity index is 476. The van der Waals surface area contributed by atoms with Crippen LogP contribution in [0.5, 0.6) is 0 Å². The van der Waals surface area contributed by atoms with Crippen molar-refractivity contribution in [2.45, 2.75) is 37.8 Å². The van der Waals surface area contributed by atoms with Crippen LogP contribution in [0.25, 0.3) is 0 Å². The minimum Gasteiger partial charge on any atom is -0.456 e. The van der Waals surface area contributed by atoms with Gasteiger partial charge in [0.1, 0.15) is 11.9 Å². The molecule has 1 heterocycles. The number of esters is 1. The third-order valence-electron chi connectivity index (χ3n) is 3.21. The van der Waals surface area contributed by atoms with Crippen molar-refractivity contribution >= 4 is 5.97 Å². The third kappa shape index (κ3) is 3.72. The Balaban J connectivity index is 1.77. The Kier molecular flexibility index (Phi) is 4.32. The van der Waals surface area contributed by atoms with E-state index in [0.717, 1.165) is 5.56 Å². The fourth-order valence-electron chi connectivity index (χ4n) is 2.14. The number of carbonyl (C=O) groups excluding carboxylic acids is 1. The second kappa shape index (κ2) is 5.83. The van der Waals surface area contributed by atoms with Gasteiger partial charge in [-0.3, -0.25) is 0 Å². The lowest BCUT2D eigenvalue weighted by atomic mass is 10.1. The third-order valence-corrected chi connectivity index (χ3v) is 3.21. The van der Waals surface area contributed by atoms with E-state index >= 15 is 0 Å². The maximum atomic E-state index is 13.0. The Morgan fingerprint density at radius 1 is 1.40 bits per heavy atom. The molecule has 1 aliphatic heterocycles. The van der Waals surface area contributed by atoms with Gasteiger partial charge in [-0.1, -0.05) is 12.1 Å². The molecule has 1 aromatic carbocycles. The van der Waals surface area contributed by atoms with Crippen LogP contribution in [0.2, 0.25) is 0 Å². The highest BCUT2D eigenvalue weighted by atomic mass is 19.3. The number of carbonyl (C=O) groups is 1. The summed E-state index contributed by atoms with van der Waals surface area (Å²) in [4.78, 5) is 10.8. The van der Waals surface area contributed by atoms with Crippen molar-refractivity contribution in [1.29, 1.82) is 0 Å². The van der Waals surface area contributed by atoms with Gasteiger partial charge in [0, 0.05) is 12.6 Å². The molecule has 0 saturated carbocycles. The summed E-state index contributed by atoms with van der Waals surface area (Å²) in [6, 6.07) is 6.12. The quantitative estimate of drug-likeness (QED) is 0.845. The predicted molar refractivity (Wildman–Crippen MR) is 67.0 cm³/mol. The zero-order chi connectivity index (χ0) is 14.8. The first-order valence-corrected chi connectivity index (χ1v) is 6.43. The van der Waals surface area contributed by atoms with Gasteiger partial charge in [0.25, 0.3) is 0 Å². The lowest BCUT2D eigenvalue weighted by Gasteiger charge is -2.16. The van der Waals surface area contributed by atoms with Crippen LogP contribution in [0.4, 0.5) is 13.2 Å². The monoisotopic (exact) mass is 287 g/mol. The fourth-order valence-corrected chi connectivity index (χ4v) is 2.14. The largest absolute Gasteiger partial charge is 0.456 e. The number of benzene rings is 1. The van der Waals surface area contributed by atoms with Gasteiger partial charge in [0.2, 0.25) is 0 Å². The summed E-state index contributed by atoms with van der Waals surface area (Å²) in [5, 5.41) is 3.04. The standard InChI is InChI=1S/C14H16F3NO2/c1-9(6-10-2-4-11(15)5-3-10)18-8-12-7-14(16,17)13(19)20-12/h2-5,9,12,18H,6-8H2,1H3. The second-order valence-electron chi connectivity index (χ2n) is 5.08. The van der Waals surface area contributed by atoms with Crippen LogP contribution in [0, 0.1) is 5.82 Å². The second-order valence-corrected chi connectivity index (χ2v) is 5.08. The first kappa shape index (κ1) is 14.8. The lowest BCUT2D eigenvalue weighted by Crippen LogP contribution is -2.35. The Labute approximate surface area is 115 Å². The molecule has 1 N–H and O–H groups in total. The summed E-state index contributed by atoms with van der Waals surface area (Å²) in [6.07, 6.45) is -0.743. The summed E-state index contributed by atoms with van der Waals surface area (Å²) in [5.74, 6) is -5.11. The van der Waals surface area contributed by atoms with Gasteiger partial charge in [0.05, 0.1) is 6.42 Å². The number of alkyl halides is 2. The van der Waals surface area contributed by atoms with E-state index < -0.39 is 24.4 Å². The van der Waals surface area contributed by atoms with E-state index in [1.165, 1.54) is 12.1 Å². The molecule has 2 rings (SSSR count). The van der Waals surface area contributed by atoms with Crippen LogP contribution in [-0.4, -0.2) is 30.6 Å². The first-order chi connectivity index (χ1) is 9.37. The molecule has 0 aromatic heterocycles. The Morgan fingerprint density at radius 3 is 2.60 bits per heavy atom. The normalized spacial score (nSPS) is 22.6. The zero-order valence-electron chi connectivity index (χ0n) is 11.0. The van der Waals surface area contributed by atoms with E-state index in [4.69, 9.17) is 0 Å². The predicted octanol–water partition coefficient (Wildman–Crippen LogP) is 2.30. The molecule has 0 bridgehead atoms. The first-order valence-electron chi connectivity index (χ1n) is 6.43. The van der Waals surface area contributed by atoms with E-state index in [1.54, 1.807) is 12.1 Å². The van der Waals surface area contributed by atoms with Crippen molar-refractivity contribution in [3.05, 3.63) is 35.6 Å². The van der Waals surface area contributed by atoms with E-state index in [0.29, 0.717) is 6.42 Å². The number of hydrogen-bond acceptors (Lipinski definition) is 3. The van der Waals surface area contributed by atoms with Crippen LogP contribution in [0.1, 0.15) is 18.9 Å². The Morgan fingerprint density at radius 2 is 2.05 bits per heavy atom. The van der Waals surface area contributed by atoms with Crippen molar-refractivity contribution in [3.8, 4) is 0 Å². The fraction of sp³-hybridized carbons (Fsp3) is 0.500. The topological polar surface area (TPSA) is 38.3 Å². The molecule has 6 heteroatoms. The number of hydrogen-bond donors (Lipinski definition) is 1. The van der Waals surface area contributed by atoms with E-state index in [-0.39, 0.29) is 18.4 Å². The van der Waals surface area contributed by atoms with Crippen molar-refractivity contribution in [2.24, 2.45) is 0 Å². The van der Waals surface area contributed by atoms with Crippen LogP contribution in [0.3, 0.4) is 0 Å². The minimum absolute atomic E-state index is 0.00776. The van der Waals surface area contributed by atoms with Gasteiger partial charge >= 0.3 is 11.9 Å². The molecule has 110 valence electrons. The molecule has 0 aliphatic carbocycles. The summed E-state index contributed by atoms with van der Waals surface area (Å²) < 4.78 is 43.3. The van der Waals surface area contributed by atoms with Crippen molar-refractivity contribution in [3.63, 3.8) is 0 Å². The molecule has 1 aliphatic rings. The molecule has 20 heavy (non-hydrogen) atoms. The van der Waals surface area contributed by atoms with Gasteiger partial charge < -0.3 is 10.1 Å². The highest BCUT2D eigenvalue weighted by Gasteiger charge is 2.50. The van der Waals surface area contributed by atoms with Crippen LogP contribution < -0.4 is 5.32 Å². The molecule has 1 aromatic rings. The van der Waals surface area contributed by atoms with Gasteiger partial charge in [0.15, 0.2) is 0 Å². The van der Waals surface area contributed by atoms with Gasteiger partial charge in [-0.05, 0) is 31.0 Å². The molecule has 0 radical (unpaired) electrons. The number of cyclic esters (lactones) is 1. The molecule has 1 fully saturated rings. The zero-order valence-corrected chi connectivity index (χ0v) is 11.0. The van der Waals surface area contributed by atoms with Crippen molar-refractivity contribution in [1.82, 2.24) is 5.32 Å². The van der Waals surface area contributed by atoms with Crippen LogP contribution in [0.15, 0.2) is 24.3 Å². The minimum atomic E-state index is -3.37. The van der Waals surface area contributed by atoms with E-state index in [2.05, 4.69) is 10.1 Å². The molecule has 2 atom stereocenters. The number of rotatable bonds is 5. The average molecular weight is 287 g/mol. The van der Waals surface area contributed by atoms with Crippen LogP contribution >= 0.6 is 0 Å². The Hall–Kier alpha value is -1.56. The molecule has 3 nitrogen and oxygen atoms in total. The molecule has 0 amide bonds. The highest BCUT2D eigenvalue weighted by molar-refractivity contribution is 5.79.